The number of sulfonamides is 1. The van der Waals surface area contributed by atoms with E-state index in [-0.39, 0.29) is 22.0 Å². The van der Waals surface area contributed by atoms with E-state index in [2.05, 4.69) is 0 Å². The quantitative estimate of drug-likeness (QED) is 0.324. The summed E-state index contributed by atoms with van der Waals surface area (Å²) in [6.07, 6.45) is 4.79. The fourth-order valence-corrected chi connectivity index (χ4v) is 4.04. The molecule has 0 aliphatic heterocycles. The van der Waals surface area contributed by atoms with Gasteiger partial charge in [-0.3, -0.25) is 4.79 Å². The van der Waals surface area contributed by atoms with Crippen LogP contribution in [0.3, 0.4) is 0 Å². The Hall–Kier alpha value is -3.04. The van der Waals surface area contributed by atoms with Gasteiger partial charge in [-0.15, -0.1) is 0 Å². The fourth-order valence-electron chi connectivity index (χ4n) is 2.77. The van der Waals surface area contributed by atoms with E-state index in [4.69, 9.17) is 0 Å². The highest BCUT2D eigenvalue weighted by atomic mass is 32.2. The maximum Gasteiger partial charge on any atom is 0.243 e. The second-order valence-corrected chi connectivity index (χ2v) is 8.10. The Morgan fingerprint density at radius 1 is 1.10 bits per heavy atom. The number of hydrogen-bond donors (Lipinski definition) is 4. The minimum Gasteiger partial charge on any atom is -0.508 e. The first-order valence-corrected chi connectivity index (χ1v) is 10.1. The number of benzene rings is 2. The van der Waals surface area contributed by atoms with Gasteiger partial charge in [0.15, 0.2) is 11.5 Å². The number of rotatable bonds is 6. The van der Waals surface area contributed by atoms with Crippen LogP contribution in [0.15, 0.2) is 95.4 Å². The summed E-state index contributed by atoms with van der Waals surface area (Å²) in [7, 11) is -4.26. The van der Waals surface area contributed by atoms with Gasteiger partial charge in [-0.25, -0.2) is 8.42 Å². The van der Waals surface area contributed by atoms with Gasteiger partial charge in [-0.05, 0) is 35.9 Å². The Bertz CT molecular complexity index is 1110. The average Bonchev–Trinajstić information content (AvgIpc) is 2.69. The van der Waals surface area contributed by atoms with Crippen molar-refractivity contribution in [2.75, 3.05) is 0 Å². The van der Waals surface area contributed by atoms with Gasteiger partial charge in [0.2, 0.25) is 10.0 Å². The summed E-state index contributed by atoms with van der Waals surface area (Å²) in [6.45, 7) is 0. The molecule has 29 heavy (non-hydrogen) atoms. The van der Waals surface area contributed by atoms with Crippen LogP contribution in [0.2, 0.25) is 0 Å². The SMILES string of the molecule is O=C(/C=C/C1=CC=CC(O)(NS(=O)(=O)c2cccc(O)c2)C1O)c1ccccc1. The smallest absolute Gasteiger partial charge is 0.243 e. The second-order valence-electron chi connectivity index (χ2n) is 6.42. The standard InChI is InChI=1S/C21H19NO6S/c23-17-9-4-10-18(14-17)29(27,28)22-21(26)13-5-8-16(20(21)25)11-12-19(24)15-6-2-1-3-7-15/h1-14,20,22-23,25-26H/b12-11+. The highest BCUT2D eigenvalue weighted by Gasteiger charge is 2.40. The van der Waals surface area contributed by atoms with Crippen LogP contribution < -0.4 is 4.72 Å². The van der Waals surface area contributed by atoms with Crippen LogP contribution in [0.25, 0.3) is 0 Å². The molecule has 2 aromatic carbocycles. The molecule has 8 heteroatoms. The zero-order chi connectivity index (χ0) is 21.1. The van der Waals surface area contributed by atoms with Crippen molar-refractivity contribution >= 4 is 15.8 Å². The first kappa shape index (κ1) is 20.7. The molecule has 7 nitrogen and oxygen atoms in total. The minimum absolute atomic E-state index is 0.137. The van der Waals surface area contributed by atoms with E-state index in [1.54, 1.807) is 30.3 Å². The summed E-state index contributed by atoms with van der Waals surface area (Å²) in [5.41, 5.74) is -1.75. The molecule has 0 amide bonds. The number of hydrogen-bond acceptors (Lipinski definition) is 6. The lowest BCUT2D eigenvalue weighted by atomic mass is 9.93. The van der Waals surface area contributed by atoms with Gasteiger partial charge in [0.05, 0.1) is 4.90 Å². The van der Waals surface area contributed by atoms with Crippen molar-refractivity contribution in [3.8, 4) is 5.75 Å². The fraction of sp³-hybridized carbons (Fsp3) is 0.0952. The van der Waals surface area contributed by atoms with Crippen molar-refractivity contribution in [2.24, 2.45) is 0 Å². The normalized spacial score (nSPS) is 21.9. The number of phenolic OH excluding ortho intramolecular Hbond substituents is 1. The first-order valence-electron chi connectivity index (χ1n) is 8.62. The van der Waals surface area contributed by atoms with Gasteiger partial charge in [0.1, 0.15) is 11.9 Å². The monoisotopic (exact) mass is 413 g/mol. The maximum absolute atomic E-state index is 12.5. The molecular formula is C21H19NO6S. The predicted octanol–water partition coefficient (Wildman–Crippen LogP) is 1.66. The van der Waals surface area contributed by atoms with Gasteiger partial charge in [0, 0.05) is 5.56 Å². The predicted molar refractivity (Wildman–Crippen MR) is 107 cm³/mol. The topological polar surface area (TPSA) is 124 Å². The minimum atomic E-state index is -4.26. The van der Waals surface area contributed by atoms with E-state index < -0.39 is 21.9 Å². The lowest BCUT2D eigenvalue weighted by molar-refractivity contribution is -0.0278. The highest BCUT2D eigenvalue weighted by molar-refractivity contribution is 7.89. The van der Waals surface area contributed by atoms with Crippen LogP contribution in [-0.4, -0.2) is 41.3 Å². The molecule has 4 N–H and O–H groups in total. The number of aromatic hydroxyl groups is 1. The molecule has 0 aromatic heterocycles. The van der Waals surface area contributed by atoms with E-state index in [1.165, 1.54) is 42.5 Å². The van der Waals surface area contributed by atoms with Crippen molar-refractivity contribution < 1.29 is 28.5 Å². The van der Waals surface area contributed by atoms with Crippen LogP contribution in [0.5, 0.6) is 5.75 Å². The molecule has 1 aliphatic carbocycles. The van der Waals surface area contributed by atoms with Crippen LogP contribution >= 0.6 is 0 Å². The van der Waals surface area contributed by atoms with Gasteiger partial charge in [0.25, 0.3) is 0 Å². The molecule has 0 saturated carbocycles. The van der Waals surface area contributed by atoms with Crippen molar-refractivity contribution in [1.29, 1.82) is 0 Å². The third-order valence-corrected chi connectivity index (χ3v) is 5.75. The second kappa shape index (κ2) is 8.14. The van der Waals surface area contributed by atoms with Gasteiger partial charge in [-0.1, -0.05) is 54.6 Å². The van der Waals surface area contributed by atoms with E-state index in [0.717, 1.165) is 12.1 Å². The Morgan fingerprint density at radius 2 is 1.83 bits per heavy atom. The Morgan fingerprint density at radius 3 is 2.52 bits per heavy atom. The zero-order valence-electron chi connectivity index (χ0n) is 15.1. The molecule has 0 spiro atoms. The first-order chi connectivity index (χ1) is 13.7. The number of aliphatic hydroxyl groups is 2. The number of phenols is 1. The van der Waals surface area contributed by atoms with Crippen LogP contribution in [-0.2, 0) is 10.0 Å². The number of nitrogens with one attached hydrogen (secondary N) is 1. The molecule has 0 fully saturated rings. The average molecular weight is 413 g/mol. The number of carbonyl (C=O) groups is 1. The van der Waals surface area contributed by atoms with Crippen molar-refractivity contribution in [3.63, 3.8) is 0 Å². The van der Waals surface area contributed by atoms with Crippen molar-refractivity contribution in [3.05, 3.63) is 96.1 Å². The Labute approximate surface area is 168 Å². The maximum atomic E-state index is 12.5. The molecule has 0 heterocycles. The van der Waals surface area contributed by atoms with E-state index in [1.807, 2.05) is 4.72 Å². The molecule has 150 valence electrons. The molecule has 2 atom stereocenters. The molecule has 0 radical (unpaired) electrons. The summed E-state index contributed by atoms with van der Waals surface area (Å²) >= 11 is 0. The number of aliphatic hydroxyl groups excluding tert-OH is 1. The zero-order valence-corrected chi connectivity index (χ0v) is 16.0. The molecular weight excluding hydrogens is 394 g/mol. The highest BCUT2D eigenvalue weighted by Crippen LogP contribution is 2.26. The lowest BCUT2D eigenvalue weighted by Gasteiger charge is -2.33. The lowest BCUT2D eigenvalue weighted by Crippen LogP contribution is -2.56. The van der Waals surface area contributed by atoms with Crippen LogP contribution in [0.1, 0.15) is 10.4 Å². The summed E-state index contributed by atoms with van der Waals surface area (Å²) < 4.78 is 27.1. The molecule has 3 rings (SSSR count). The largest absolute Gasteiger partial charge is 0.508 e. The molecule has 1 aliphatic rings. The third kappa shape index (κ3) is 4.69. The summed E-state index contributed by atoms with van der Waals surface area (Å²) in [6, 6.07) is 13.4. The number of allylic oxidation sites excluding steroid dienone is 3. The molecule has 2 unspecified atom stereocenters. The summed E-state index contributed by atoms with van der Waals surface area (Å²) in [5.74, 6) is -0.570. The van der Waals surface area contributed by atoms with Gasteiger partial charge < -0.3 is 15.3 Å². The molecule has 2 aromatic rings. The van der Waals surface area contributed by atoms with Crippen LogP contribution in [0.4, 0.5) is 0 Å². The molecule has 0 saturated heterocycles. The van der Waals surface area contributed by atoms with Crippen molar-refractivity contribution in [1.82, 2.24) is 4.72 Å². The van der Waals surface area contributed by atoms with E-state index in [0.29, 0.717) is 5.56 Å². The number of carbonyl (C=O) groups excluding carboxylic acids is 1. The van der Waals surface area contributed by atoms with Gasteiger partial charge >= 0.3 is 0 Å². The van der Waals surface area contributed by atoms with Gasteiger partial charge in [-0.2, -0.15) is 4.72 Å². The number of ketones is 1. The Balaban J connectivity index is 1.80. The third-order valence-electron chi connectivity index (χ3n) is 4.28. The van der Waals surface area contributed by atoms with Crippen molar-refractivity contribution in [2.45, 2.75) is 16.7 Å². The van der Waals surface area contributed by atoms with E-state index in [9.17, 15) is 28.5 Å². The Kier molecular flexibility index (Phi) is 5.81. The van der Waals surface area contributed by atoms with Crippen LogP contribution in [0, 0.1) is 0 Å². The molecule has 0 bridgehead atoms. The summed E-state index contributed by atoms with van der Waals surface area (Å²) in [4.78, 5) is 11.9. The van der Waals surface area contributed by atoms with E-state index >= 15 is 0 Å². The summed E-state index contributed by atoms with van der Waals surface area (Å²) in [5, 5.41) is 30.7.